The molecule has 0 rings (SSSR count). The first kappa shape index (κ1) is 15.9. The molecule has 0 atom stereocenters. The minimum absolute atomic E-state index is 0. The van der Waals surface area contributed by atoms with E-state index < -0.39 is 0 Å². The van der Waals surface area contributed by atoms with Gasteiger partial charge in [-0.25, -0.2) is 0 Å². The first-order chi connectivity index (χ1) is 3.31. The molecule has 0 aliphatic heterocycles. The van der Waals surface area contributed by atoms with E-state index in [-0.39, 0.29) is 20.8 Å². The highest BCUT2D eigenvalue weighted by Gasteiger charge is 1.93. The summed E-state index contributed by atoms with van der Waals surface area (Å²) in [4.78, 5) is 10.2. The van der Waals surface area contributed by atoms with Crippen LogP contribution in [0.25, 0.3) is 0 Å². The third-order valence-corrected chi connectivity index (χ3v) is 1.01. The highest BCUT2D eigenvalue weighted by atomic mass is 32.2. The van der Waals surface area contributed by atoms with Gasteiger partial charge in [0.1, 0.15) is 0 Å². The molecule has 0 amide bonds. The van der Waals surface area contributed by atoms with Crippen LogP contribution in [0.1, 0.15) is 14.9 Å². The maximum atomic E-state index is 10.2. The third-order valence-electron chi connectivity index (χ3n) is 0.490. The zero-order chi connectivity index (χ0) is 5.70. The van der Waals surface area contributed by atoms with Crippen LogP contribution in [0.5, 0.6) is 0 Å². The Morgan fingerprint density at radius 2 is 2.00 bits per heavy atom. The number of methoxy groups -OCH3 is 1. The van der Waals surface area contributed by atoms with Crippen LogP contribution < -0.4 is 0 Å². The predicted octanol–water partition coefficient (Wildman–Crippen LogP) is 1.79. The summed E-state index contributed by atoms with van der Waals surface area (Å²) >= 11 is 1.46. The van der Waals surface area contributed by atoms with Crippen molar-refractivity contribution in [3.05, 3.63) is 0 Å². The van der Waals surface area contributed by atoms with Crippen LogP contribution in [-0.2, 0) is 9.53 Å². The van der Waals surface area contributed by atoms with Crippen molar-refractivity contribution in [3.63, 3.8) is 0 Å². The van der Waals surface area contributed by atoms with Crippen LogP contribution in [0.15, 0.2) is 0 Å². The molecule has 3 heteroatoms. The molecule has 0 aromatic heterocycles. The van der Waals surface area contributed by atoms with Gasteiger partial charge in [-0.15, -0.1) is 0 Å². The van der Waals surface area contributed by atoms with E-state index >= 15 is 0 Å². The molecule has 0 bridgehead atoms. The summed E-state index contributed by atoms with van der Waals surface area (Å²) < 4.78 is 4.33. The third kappa shape index (κ3) is 11.4. The highest BCUT2D eigenvalue weighted by molar-refractivity contribution is 7.99. The Labute approximate surface area is 62.0 Å². The molecule has 0 saturated heterocycles. The molecule has 58 valence electrons. The predicted molar refractivity (Wildman–Crippen MR) is 43.9 cm³/mol. The van der Waals surface area contributed by atoms with Gasteiger partial charge in [0.2, 0.25) is 0 Å². The van der Waals surface area contributed by atoms with Crippen LogP contribution in [0.2, 0.25) is 0 Å². The number of hydrogen-bond donors (Lipinski definition) is 0. The van der Waals surface area contributed by atoms with E-state index in [1.807, 2.05) is 6.26 Å². The second kappa shape index (κ2) is 10.7. The van der Waals surface area contributed by atoms with Crippen molar-refractivity contribution < 1.29 is 9.53 Å². The summed E-state index contributed by atoms with van der Waals surface area (Å²) in [5, 5.41) is 0. The molecule has 0 fully saturated rings. The number of thioether (sulfide) groups is 1. The lowest BCUT2D eigenvalue weighted by Gasteiger charge is -1.90. The number of hydrogen-bond acceptors (Lipinski definition) is 3. The van der Waals surface area contributed by atoms with Gasteiger partial charge in [0, 0.05) is 0 Å². The van der Waals surface area contributed by atoms with Crippen molar-refractivity contribution in [1.29, 1.82) is 0 Å². The normalized spacial score (nSPS) is 6.44. The lowest BCUT2D eigenvalue weighted by molar-refractivity contribution is -0.137. The highest BCUT2D eigenvalue weighted by Crippen LogP contribution is 1.90. The Balaban J connectivity index is -0.000000180. The van der Waals surface area contributed by atoms with Gasteiger partial charge in [-0.05, 0) is 6.26 Å². The number of ether oxygens (including phenoxy) is 1. The Morgan fingerprint density at radius 3 is 2.11 bits per heavy atom. The number of carbonyl (C=O) groups is 1. The van der Waals surface area contributed by atoms with Crippen molar-refractivity contribution in [2.45, 2.75) is 14.9 Å². The minimum atomic E-state index is -0.160. The van der Waals surface area contributed by atoms with Gasteiger partial charge in [-0.3, -0.25) is 4.79 Å². The van der Waals surface area contributed by atoms with Gasteiger partial charge >= 0.3 is 5.97 Å². The molecule has 0 aromatic rings. The van der Waals surface area contributed by atoms with E-state index in [9.17, 15) is 4.79 Å². The molecule has 0 N–H and O–H groups in total. The zero-order valence-corrected chi connectivity index (χ0v) is 5.25. The van der Waals surface area contributed by atoms with Crippen LogP contribution in [0, 0.1) is 0 Å². The molecule has 0 unspecified atom stereocenters. The van der Waals surface area contributed by atoms with Gasteiger partial charge in [-0.1, -0.05) is 14.9 Å². The Hall–Kier alpha value is -0.180. The van der Waals surface area contributed by atoms with Gasteiger partial charge in [-0.2, -0.15) is 11.8 Å². The topological polar surface area (TPSA) is 26.3 Å². The molecule has 0 radical (unpaired) electrons. The van der Waals surface area contributed by atoms with Crippen molar-refractivity contribution in [1.82, 2.24) is 0 Å². The molecular formula is C6H16O2S. The van der Waals surface area contributed by atoms with E-state index in [2.05, 4.69) is 4.74 Å². The number of esters is 1. The fraction of sp³-hybridized carbons (Fsp3) is 0.833. The lowest BCUT2D eigenvalue weighted by Crippen LogP contribution is -2.01. The summed E-state index contributed by atoms with van der Waals surface area (Å²) in [6.07, 6.45) is 1.86. The molecule has 0 spiro atoms. The van der Waals surface area contributed by atoms with Crippen molar-refractivity contribution in [2.24, 2.45) is 0 Å². The van der Waals surface area contributed by atoms with Gasteiger partial charge in [0.05, 0.1) is 12.9 Å². The quantitative estimate of drug-likeness (QED) is 0.564. The summed E-state index contributed by atoms with van der Waals surface area (Å²) in [7, 11) is 1.39. The van der Waals surface area contributed by atoms with Crippen LogP contribution >= 0.6 is 11.8 Å². The molecule has 0 heterocycles. The largest absolute Gasteiger partial charge is 0.468 e. The van der Waals surface area contributed by atoms with Crippen molar-refractivity contribution in [3.8, 4) is 0 Å². The molecular weight excluding hydrogens is 136 g/mol. The number of carbonyl (C=O) groups excluding carboxylic acids is 1. The van der Waals surface area contributed by atoms with Crippen LogP contribution in [0.3, 0.4) is 0 Å². The minimum Gasteiger partial charge on any atom is -0.468 e. The number of rotatable bonds is 2. The van der Waals surface area contributed by atoms with Crippen LogP contribution in [-0.4, -0.2) is 25.1 Å². The summed E-state index contributed by atoms with van der Waals surface area (Å²) in [6.45, 7) is 0. The fourth-order valence-electron chi connectivity index (χ4n) is 0.177. The Morgan fingerprint density at radius 1 is 1.56 bits per heavy atom. The second-order valence-electron chi connectivity index (χ2n) is 1.01. The van der Waals surface area contributed by atoms with Crippen molar-refractivity contribution >= 4 is 17.7 Å². The SMILES string of the molecule is C.C.COC(=O)CSC. The lowest BCUT2D eigenvalue weighted by atomic mass is 10.8. The van der Waals surface area contributed by atoms with Gasteiger partial charge in [0.25, 0.3) is 0 Å². The first-order valence-corrected chi connectivity index (χ1v) is 3.26. The molecule has 2 nitrogen and oxygen atoms in total. The molecule has 0 aliphatic carbocycles. The average molecular weight is 152 g/mol. The van der Waals surface area contributed by atoms with Gasteiger partial charge < -0.3 is 4.74 Å². The second-order valence-corrected chi connectivity index (χ2v) is 1.88. The fourth-order valence-corrected chi connectivity index (χ4v) is 0.530. The molecule has 0 aromatic carbocycles. The van der Waals surface area contributed by atoms with E-state index in [4.69, 9.17) is 0 Å². The molecule has 9 heavy (non-hydrogen) atoms. The van der Waals surface area contributed by atoms with Crippen LogP contribution in [0.4, 0.5) is 0 Å². The maximum Gasteiger partial charge on any atom is 0.315 e. The first-order valence-electron chi connectivity index (χ1n) is 1.87. The van der Waals surface area contributed by atoms with E-state index in [0.717, 1.165) is 0 Å². The molecule has 0 saturated carbocycles. The average Bonchev–Trinajstić information content (AvgIpc) is 1.68. The molecule has 0 aliphatic rings. The standard InChI is InChI=1S/C4H8O2S.2CH4/c1-6-4(5)3-7-2;;/h3H2,1-2H3;2*1H4. The Bertz CT molecular complexity index is 64.1. The van der Waals surface area contributed by atoms with Crippen molar-refractivity contribution in [2.75, 3.05) is 19.1 Å². The van der Waals surface area contributed by atoms with E-state index in [0.29, 0.717) is 5.75 Å². The Kier molecular flexibility index (Phi) is 19.0. The summed E-state index contributed by atoms with van der Waals surface area (Å²) in [5.74, 6) is 0.295. The smallest absolute Gasteiger partial charge is 0.315 e. The van der Waals surface area contributed by atoms with E-state index in [1.165, 1.54) is 18.9 Å². The zero-order valence-electron chi connectivity index (χ0n) is 4.43. The maximum absolute atomic E-state index is 10.2. The monoisotopic (exact) mass is 152 g/mol. The summed E-state index contributed by atoms with van der Waals surface area (Å²) in [6, 6.07) is 0. The van der Waals surface area contributed by atoms with Gasteiger partial charge in [0.15, 0.2) is 0 Å². The summed E-state index contributed by atoms with van der Waals surface area (Å²) in [5.41, 5.74) is 0. The van der Waals surface area contributed by atoms with E-state index in [1.54, 1.807) is 0 Å².